The van der Waals surface area contributed by atoms with Crippen molar-refractivity contribution in [3.8, 4) is 0 Å². The molecule has 0 aromatic carbocycles. The molecule has 3 heterocycles. The molecule has 2 N–H and O–H groups in total. The molecule has 2 aromatic rings. The highest BCUT2D eigenvalue weighted by atomic mass is 35.5. The lowest BCUT2D eigenvalue weighted by atomic mass is 9.95. The molecule has 1 fully saturated rings. The number of carbonyl (C=O) groups excluding carboxylic acids is 1. The summed E-state index contributed by atoms with van der Waals surface area (Å²) in [5.41, 5.74) is 4.73. The number of nitrogens with one attached hydrogen (secondary N) is 2. The normalized spacial score (nSPS) is 18.6. The smallest absolute Gasteiger partial charge is 0.241 e. The van der Waals surface area contributed by atoms with E-state index in [0.29, 0.717) is 18.9 Å². The quantitative estimate of drug-likeness (QED) is 0.750. The van der Waals surface area contributed by atoms with Gasteiger partial charge in [-0.3, -0.25) is 9.48 Å². The first-order valence-corrected chi connectivity index (χ1v) is 10.5. The van der Waals surface area contributed by atoms with Crippen molar-refractivity contribution in [1.82, 2.24) is 30.4 Å². The molecule has 7 nitrogen and oxygen atoms in total. The van der Waals surface area contributed by atoms with E-state index in [0.717, 1.165) is 49.6 Å². The van der Waals surface area contributed by atoms with E-state index in [1.807, 2.05) is 12.3 Å². The van der Waals surface area contributed by atoms with Crippen molar-refractivity contribution in [2.24, 2.45) is 0 Å². The molecule has 0 saturated carbocycles. The van der Waals surface area contributed by atoms with Crippen molar-refractivity contribution in [2.45, 2.75) is 64.3 Å². The fourth-order valence-corrected chi connectivity index (χ4v) is 4.26. The lowest BCUT2D eigenvalue weighted by Gasteiger charge is -2.20. The summed E-state index contributed by atoms with van der Waals surface area (Å²) >= 11 is 0. The molecule has 158 valence electrons. The lowest BCUT2D eigenvalue weighted by molar-refractivity contribution is -0.121. The van der Waals surface area contributed by atoms with E-state index in [1.165, 1.54) is 30.5 Å². The standard InChI is InChI=1S/C21H30N6O.ClH/c1-15-17-6-2-3-7-19(17)25-20(24-15)8-11-23-21(28)14-27-12-9-18(26-27)16-5-4-10-22-13-16;/h9,12,16,22H,2-8,10-11,13-14H2,1H3,(H,23,28);1H. The second kappa shape index (κ2) is 10.2. The monoisotopic (exact) mass is 418 g/mol. The zero-order valence-electron chi connectivity index (χ0n) is 17.1. The number of hydrogen-bond acceptors (Lipinski definition) is 5. The minimum Gasteiger partial charge on any atom is -0.354 e. The highest BCUT2D eigenvalue weighted by molar-refractivity contribution is 5.85. The number of aromatic nitrogens is 4. The number of piperidine rings is 1. The average molecular weight is 419 g/mol. The van der Waals surface area contributed by atoms with Crippen LogP contribution in [0.2, 0.25) is 0 Å². The van der Waals surface area contributed by atoms with Crippen LogP contribution in [-0.2, 0) is 30.6 Å². The Bertz CT molecular complexity index is 831. The van der Waals surface area contributed by atoms with Gasteiger partial charge in [0.05, 0.1) is 5.69 Å². The summed E-state index contributed by atoms with van der Waals surface area (Å²) < 4.78 is 1.73. The van der Waals surface area contributed by atoms with E-state index in [9.17, 15) is 4.79 Å². The zero-order valence-corrected chi connectivity index (χ0v) is 17.9. The molecule has 0 radical (unpaired) electrons. The summed E-state index contributed by atoms with van der Waals surface area (Å²) in [6, 6.07) is 2.04. The van der Waals surface area contributed by atoms with Crippen LogP contribution in [0.3, 0.4) is 0 Å². The molecular formula is C21H31ClN6O. The van der Waals surface area contributed by atoms with Gasteiger partial charge in [-0.05, 0) is 63.6 Å². The molecule has 1 aliphatic carbocycles. The van der Waals surface area contributed by atoms with Gasteiger partial charge < -0.3 is 10.6 Å². The SMILES string of the molecule is Cc1nc(CCNC(=O)Cn2ccc(C3CCCNC3)n2)nc2c1CCCC2.Cl. The van der Waals surface area contributed by atoms with Gasteiger partial charge in [-0.15, -0.1) is 12.4 Å². The third-order valence-corrected chi connectivity index (χ3v) is 5.79. The Balaban J connectivity index is 0.00000240. The summed E-state index contributed by atoms with van der Waals surface area (Å²) in [7, 11) is 0. The van der Waals surface area contributed by atoms with Crippen LogP contribution < -0.4 is 10.6 Å². The lowest BCUT2D eigenvalue weighted by Crippen LogP contribution is -2.30. The topological polar surface area (TPSA) is 84.7 Å². The molecule has 1 atom stereocenters. The fraction of sp³-hybridized carbons (Fsp3) is 0.619. The van der Waals surface area contributed by atoms with Gasteiger partial charge in [0.2, 0.25) is 5.91 Å². The van der Waals surface area contributed by atoms with Gasteiger partial charge in [-0.2, -0.15) is 5.10 Å². The summed E-state index contributed by atoms with van der Waals surface area (Å²) in [6.45, 7) is 4.95. The van der Waals surface area contributed by atoms with Crippen molar-refractivity contribution in [3.05, 3.63) is 40.7 Å². The molecule has 29 heavy (non-hydrogen) atoms. The molecule has 8 heteroatoms. The van der Waals surface area contributed by atoms with Gasteiger partial charge in [-0.1, -0.05) is 0 Å². The van der Waals surface area contributed by atoms with Crippen molar-refractivity contribution < 1.29 is 4.79 Å². The second-order valence-electron chi connectivity index (χ2n) is 7.94. The minimum atomic E-state index is -0.0221. The van der Waals surface area contributed by atoms with Crippen LogP contribution in [0.4, 0.5) is 0 Å². The summed E-state index contributed by atoms with van der Waals surface area (Å²) in [5.74, 6) is 1.28. The number of halogens is 1. The molecule has 2 aromatic heterocycles. The van der Waals surface area contributed by atoms with E-state index in [-0.39, 0.29) is 24.9 Å². The van der Waals surface area contributed by atoms with Gasteiger partial charge in [0.25, 0.3) is 0 Å². The minimum absolute atomic E-state index is 0. The number of amides is 1. The highest BCUT2D eigenvalue weighted by Crippen LogP contribution is 2.22. The maximum Gasteiger partial charge on any atom is 0.241 e. The van der Waals surface area contributed by atoms with Crippen LogP contribution in [-0.4, -0.2) is 45.3 Å². The molecule has 1 unspecified atom stereocenters. The Labute approximate surface area is 178 Å². The molecule has 0 bridgehead atoms. The van der Waals surface area contributed by atoms with E-state index in [4.69, 9.17) is 4.98 Å². The van der Waals surface area contributed by atoms with Gasteiger partial charge in [0, 0.05) is 43.0 Å². The number of carbonyl (C=O) groups is 1. The first-order chi connectivity index (χ1) is 13.7. The highest BCUT2D eigenvalue weighted by Gasteiger charge is 2.18. The largest absolute Gasteiger partial charge is 0.354 e. The molecule has 4 rings (SSSR count). The van der Waals surface area contributed by atoms with Crippen LogP contribution in [0.15, 0.2) is 12.3 Å². The molecule has 1 saturated heterocycles. The van der Waals surface area contributed by atoms with Crippen LogP contribution in [0.1, 0.15) is 60.1 Å². The Hall–Kier alpha value is -1.99. The number of aryl methyl sites for hydroxylation is 2. The Morgan fingerprint density at radius 1 is 1.28 bits per heavy atom. The zero-order chi connectivity index (χ0) is 19.3. The number of rotatable bonds is 6. The molecular weight excluding hydrogens is 388 g/mol. The third-order valence-electron chi connectivity index (χ3n) is 5.79. The van der Waals surface area contributed by atoms with Gasteiger partial charge in [-0.25, -0.2) is 9.97 Å². The van der Waals surface area contributed by atoms with Gasteiger partial charge in [0.1, 0.15) is 12.4 Å². The maximum atomic E-state index is 12.3. The van der Waals surface area contributed by atoms with Gasteiger partial charge >= 0.3 is 0 Å². The maximum absolute atomic E-state index is 12.3. The van der Waals surface area contributed by atoms with Crippen LogP contribution in [0.25, 0.3) is 0 Å². The first kappa shape index (κ1) is 21.7. The van der Waals surface area contributed by atoms with E-state index in [1.54, 1.807) is 4.68 Å². The molecule has 0 spiro atoms. The molecule has 1 amide bonds. The van der Waals surface area contributed by atoms with E-state index in [2.05, 4.69) is 27.6 Å². The van der Waals surface area contributed by atoms with Crippen LogP contribution >= 0.6 is 12.4 Å². The van der Waals surface area contributed by atoms with E-state index < -0.39 is 0 Å². The first-order valence-electron chi connectivity index (χ1n) is 10.5. The fourth-order valence-electron chi connectivity index (χ4n) is 4.26. The number of fused-ring (bicyclic) bond motifs is 1. The summed E-state index contributed by atoms with van der Waals surface area (Å²) in [6.07, 6.45) is 9.51. The Morgan fingerprint density at radius 3 is 2.97 bits per heavy atom. The Kier molecular flexibility index (Phi) is 7.61. The van der Waals surface area contributed by atoms with Crippen LogP contribution in [0, 0.1) is 6.92 Å². The van der Waals surface area contributed by atoms with Crippen LogP contribution in [0.5, 0.6) is 0 Å². The molecule has 1 aliphatic heterocycles. The number of nitrogens with zero attached hydrogens (tertiary/aromatic N) is 4. The summed E-state index contributed by atoms with van der Waals surface area (Å²) in [5, 5.41) is 11.0. The van der Waals surface area contributed by atoms with Crippen molar-refractivity contribution in [2.75, 3.05) is 19.6 Å². The van der Waals surface area contributed by atoms with Crippen molar-refractivity contribution >= 4 is 18.3 Å². The number of hydrogen-bond donors (Lipinski definition) is 2. The van der Waals surface area contributed by atoms with Crippen molar-refractivity contribution in [3.63, 3.8) is 0 Å². The summed E-state index contributed by atoms with van der Waals surface area (Å²) in [4.78, 5) is 21.6. The van der Waals surface area contributed by atoms with Gasteiger partial charge in [0.15, 0.2) is 0 Å². The predicted molar refractivity (Wildman–Crippen MR) is 114 cm³/mol. The Morgan fingerprint density at radius 2 is 2.14 bits per heavy atom. The van der Waals surface area contributed by atoms with Crippen molar-refractivity contribution in [1.29, 1.82) is 0 Å². The average Bonchev–Trinajstić information content (AvgIpc) is 3.17. The molecule has 2 aliphatic rings. The predicted octanol–water partition coefficient (Wildman–Crippen LogP) is 2.11. The third kappa shape index (κ3) is 5.54. The second-order valence-corrected chi connectivity index (χ2v) is 7.94. The van der Waals surface area contributed by atoms with E-state index >= 15 is 0 Å².